The monoisotopic (exact) mass is 359 g/mol. The quantitative estimate of drug-likeness (QED) is 0.733. The standard InChI is InChI=1S/C12H16Cl3NO3S/c1-8(7-17)3-2-4-16-20(18,19)12-10(14)5-9(13)6-11(12)15/h5-6,8,16-17H,2-4,7H2,1H3. The van der Waals surface area contributed by atoms with E-state index in [2.05, 4.69) is 4.72 Å². The Labute approximate surface area is 134 Å². The Hall–Kier alpha value is -0.0400. The predicted octanol–water partition coefficient (Wildman–Crippen LogP) is 3.33. The van der Waals surface area contributed by atoms with Crippen LogP contribution in [0.15, 0.2) is 17.0 Å². The highest BCUT2D eigenvalue weighted by molar-refractivity contribution is 7.89. The molecule has 0 aliphatic carbocycles. The zero-order valence-corrected chi connectivity index (χ0v) is 14.0. The van der Waals surface area contributed by atoms with E-state index in [9.17, 15) is 8.42 Å². The lowest BCUT2D eigenvalue weighted by molar-refractivity contribution is 0.228. The van der Waals surface area contributed by atoms with Gasteiger partial charge in [-0.1, -0.05) is 41.7 Å². The maximum Gasteiger partial charge on any atom is 0.243 e. The molecule has 0 bridgehead atoms. The third-order valence-corrected chi connectivity index (χ3v) is 5.31. The highest BCUT2D eigenvalue weighted by Crippen LogP contribution is 2.32. The summed E-state index contributed by atoms with van der Waals surface area (Å²) < 4.78 is 26.7. The molecule has 1 atom stereocenters. The number of nitrogens with one attached hydrogen (secondary N) is 1. The number of hydrogen-bond donors (Lipinski definition) is 2. The summed E-state index contributed by atoms with van der Waals surface area (Å²) >= 11 is 17.5. The van der Waals surface area contributed by atoms with Crippen LogP contribution in [0.5, 0.6) is 0 Å². The number of aliphatic hydroxyl groups is 1. The maximum atomic E-state index is 12.1. The van der Waals surface area contributed by atoms with Crippen LogP contribution in [0.3, 0.4) is 0 Å². The van der Waals surface area contributed by atoms with Gasteiger partial charge in [0.2, 0.25) is 10.0 Å². The van der Waals surface area contributed by atoms with Crippen LogP contribution in [0, 0.1) is 5.92 Å². The smallest absolute Gasteiger partial charge is 0.243 e. The number of hydrogen-bond acceptors (Lipinski definition) is 3. The Kier molecular flexibility index (Phi) is 7.04. The first kappa shape index (κ1) is 18.0. The van der Waals surface area contributed by atoms with E-state index < -0.39 is 10.0 Å². The molecule has 1 aromatic rings. The number of halogens is 3. The van der Waals surface area contributed by atoms with E-state index in [0.717, 1.165) is 6.42 Å². The van der Waals surface area contributed by atoms with Crippen LogP contribution in [0.4, 0.5) is 0 Å². The number of aliphatic hydroxyl groups excluding tert-OH is 1. The van der Waals surface area contributed by atoms with E-state index >= 15 is 0 Å². The van der Waals surface area contributed by atoms with E-state index in [1.54, 1.807) is 0 Å². The first-order valence-corrected chi connectivity index (χ1v) is 8.64. The normalized spacial score (nSPS) is 13.4. The summed E-state index contributed by atoms with van der Waals surface area (Å²) in [4.78, 5) is -0.166. The zero-order valence-electron chi connectivity index (χ0n) is 10.9. The van der Waals surface area contributed by atoms with Crippen LogP contribution in [-0.2, 0) is 10.0 Å². The number of rotatable bonds is 7. The summed E-state index contributed by atoms with van der Waals surface area (Å²) in [6.07, 6.45) is 1.34. The molecule has 2 N–H and O–H groups in total. The first-order valence-electron chi connectivity index (χ1n) is 6.03. The Morgan fingerprint density at radius 1 is 1.25 bits per heavy atom. The van der Waals surface area contributed by atoms with E-state index in [4.69, 9.17) is 39.9 Å². The van der Waals surface area contributed by atoms with Gasteiger partial charge in [0.1, 0.15) is 4.90 Å². The second kappa shape index (κ2) is 7.82. The minimum absolute atomic E-state index is 0.0151. The van der Waals surface area contributed by atoms with Crippen LogP contribution >= 0.6 is 34.8 Å². The van der Waals surface area contributed by atoms with Crippen molar-refractivity contribution in [3.05, 3.63) is 27.2 Å². The van der Waals surface area contributed by atoms with E-state index in [1.165, 1.54) is 12.1 Å². The van der Waals surface area contributed by atoms with Gasteiger partial charge in [-0.05, 0) is 30.9 Å². The molecule has 1 aromatic carbocycles. The third-order valence-electron chi connectivity index (χ3n) is 2.71. The maximum absolute atomic E-state index is 12.1. The average molecular weight is 361 g/mol. The molecule has 0 spiro atoms. The van der Waals surface area contributed by atoms with Crippen molar-refractivity contribution in [2.75, 3.05) is 13.2 Å². The van der Waals surface area contributed by atoms with Crippen molar-refractivity contribution in [2.45, 2.75) is 24.7 Å². The Morgan fingerprint density at radius 2 is 1.80 bits per heavy atom. The van der Waals surface area contributed by atoms with Gasteiger partial charge < -0.3 is 5.11 Å². The van der Waals surface area contributed by atoms with Crippen molar-refractivity contribution in [2.24, 2.45) is 5.92 Å². The molecule has 8 heteroatoms. The van der Waals surface area contributed by atoms with Crippen molar-refractivity contribution < 1.29 is 13.5 Å². The van der Waals surface area contributed by atoms with Gasteiger partial charge in [0.25, 0.3) is 0 Å². The highest BCUT2D eigenvalue weighted by Gasteiger charge is 2.22. The summed E-state index contributed by atoms with van der Waals surface area (Å²) in [5.41, 5.74) is 0. The van der Waals surface area contributed by atoms with Gasteiger partial charge >= 0.3 is 0 Å². The van der Waals surface area contributed by atoms with E-state index in [0.29, 0.717) is 6.42 Å². The van der Waals surface area contributed by atoms with Crippen LogP contribution in [-0.4, -0.2) is 26.7 Å². The molecule has 0 amide bonds. The lowest BCUT2D eigenvalue weighted by Crippen LogP contribution is -2.25. The lowest BCUT2D eigenvalue weighted by atomic mass is 10.1. The highest BCUT2D eigenvalue weighted by atomic mass is 35.5. The Morgan fingerprint density at radius 3 is 2.30 bits per heavy atom. The van der Waals surface area contributed by atoms with Crippen LogP contribution in [0.2, 0.25) is 15.1 Å². The molecule has 114 valence electrons. The van der Waals surface area contributed by atoms with Crippen LogP contribution in [0.25, 0.3) is 0 Å². The average Bonchev–Trinajstić information content (AvgIpc) is 2.32. The molecule has 0 heterocycles. The third kappa shape index (κ3) is 5.06. The van der Waals surface area contributed by atoms with Gasteiger partial charge in [-0.3, -0.25) is 0 Å². The van der Waals surface area contributed by atoms with Crippen molar-refractivity contribution in [3.8, 4) is 0 Å². The fraction of sp³-hybridized carbons (Fsp3) is 0.500. The summed E-state index contributed by atoms with van der Waals surface area (Å²) in [5.74, 6) is 0.141. The van der Waals surface area contributed by atoms with Crippen LogP contribution in [0.1, 0.15) is 19.8 Å². The summed E-state index contributed by atoms with van der Waals surface area (Å²) in [6.45, 7) is 2.23. The minimum atomic E-state index is -3.78. The van der Waals surface area contributed by atoms with Gasteiger partial charge in [-0.25, -0.2) is 13.1 Å². The molecule has 0 radical (unpaired) electrons. The molecule has 0 saturated carbocycles. The Balaban J connectivity index is 2.75. The largest absolute Gasteiger partial charge is 0.396 e. The van der Waals surface area contributed by atoms with Crippen molar-refractivity contribution in [1.29, 1.82) is 0 Å². The number of benzene rings is 1. The van der Waals surface area contributed by atoms with Crippen LogP contribution < -0.4 is 4.72 Å². The van der Waals surface area contributed by atoms with Gasteiger partial charge in [0.05, 0.1) is 10.0 Å². The van der Waals surface area contributed by atoms with Crippen molar-refractivity contribution in [1.82, 2.24) is 4.72 Å². The van der Waals surface area contributed by atoms with Gasteiger partial charge in [0.15, 0.2) is 0 Å². The van der Waals surface area contributed by atoms with Crippen molar-refractivity contribution in [3.63, 3.8) is 0 Å². The minimum Gasteiger partial charge on any atom is -0.396 e. The molecule has 20 heavy (non-hydrogen) atoms. The summed E-state index contributed by atoms with van der Waals surface area (Å²) in [6, 6.07) is 2.66. The van der Waals surface area contributed by atoms with Gasteiger partial charge in [-0.15, -0.1) is 0 Å². The summed E-state index contributed by atoms with van der Waals surface area (Å²) in [5, 5.41) is 9.13. The van der Waals surface area contributed by atoms with E-state index in [1.807, 2.05) is 6.92 Å². The second-order valence-corrected chi connectivity index (χ2v) is 7.48. The molecule has 4 nitrogen and oxygen atoms in total. The number of sulfonamides is 1. The summed E-state index contributed by atoms with van der Waals surface area (Å²) in [7, 11) is -3.78. The molecular weight excluding hydrogens is 345 g/mol. The van der Waals surface area contributed by atoms with E-state index in [-0.39, 0.29) is 39.0 Å². The molecule has 0 saturated heterocycles. The zero-order chi connectivity index (χ0) is 15.3. The Bertz CT molecular complexity index is 540. The SMILES string of the molecule is CC(CO)CCCNS(=O)(=O)c1c(Cl)cc(Cl)cc1Cl. The fourth-order valence-electron chi connectivity index (χ4n) is 1.61. The van der Waals surface area contributed by atoms with Gasteiger partial charge in [0, 0.05) is 18.2 Å². The molecule has 1 rings (SSSR count). The first-order chi connectivity index (χ1) is 9.27. The molecular formula is C12H16Cl3NO3S. The molecule has 0 aromatic heterocycles. The molecule has 1 unspecified atom stereocenters. The lowest BCUT2D eigenvalue weighted by Gasteiger charge is -2.11. The van der Waals surface area contributed by atoms with Gasteiger partial charge in [-0.2, -0.15) is 0 Å². The predicted molar refractivity (Wildman–Crippen MR) is 82.1 cm³/mol. The molecule has 0 aliphatic rings. The molecule has 0 fully saturated rings. The topological polar surface area (TPSA) is 66.4 Å². The van der Waals surface area contributed by atoms with Crippen molar-refractivity contribution >= 4 is 44.8 Å². The second-order valence-electron chi connectivity index (χ2n) is 4.53. The fourth-order valence-corrected chi connectivity index (χ4v) is 4.22. The molecule has 0 aliphatic heterocycles.